The molecule has 6 heteroatoms. The molecule has 1 aromatic heterocycles. The van der Waals surface area contributed by atoms with E-state index in [1.165, 1.54) is 6.92 Å². The van der Waals surface area contributed by atoms with E-state index < -0.39 is 12.0 Å². The van der Waals surface area contributed by atoms with E-state index in [2.05, 4.69) is 31.2 Å². The third-order valence-electron chi connectivity index (χ3n) is 3.40. The highest BCUT2D eigenvalue weighted by atomic mass is 79.9. The van der Waals surface area contributed by atoms with Crippen molar-refractivity contribution >= 4 is 38.8 Å². The molecule has 0 bridgehead atoms. The second-order valence-corrected chi connectivity index (χ2v) is 6.02. The molecule has 0 aliphatic rings. The van der Waals surface area contributed by atoms with Crippen molar-refractivity contribution in [1.82, 2.24) is 9.97 Å². The monoisotopic (exact) mass is 370 g/mol. The zero-order valence-corrected chi connectivity index (χ0v) is 13.9. The number of hydrogen-bond donors (Lipinski definition) is 1. The third-order valence-corrected chi connectivity index (χ3v) is 3.90. The van der Waals surface area contributed by atoms with Crippen LogP contribution in [0.1, 0.15) is 6.92 Å². The van der Waals surface area contributed by atoms with Gasteiger partial charge in [-0.1, -0.05) is 46.3 Å². The van der Waals surface area contributed by atoms with Crippen LogP contribution in [0.15, 0.2) is 53.0 Å². The number of nitrogens with one attached hydrogen (secondary N) is 1. The number of carbonyl (C=O) groups excluding carboxylic acids is 1. The minimum atomic E-state index is -1.20. The van der Waals surface area contributed by atoms with E-state index in [4.69, 9.17) is 0 Å². The van der Waals surface area contributed by atoms with E-state index in [9.17, 15) is 9.90 Å². The number of aromatic nitrogens is 2. The van der Waals surface area contributed by atoms with Crippen LogP contribution < -0.4 is 10.4 Å². The van der Waals surface area contributed by atoms with Crippen molar-refractivity contribution in [1.29, 1.82) is 0 Å². The lowest BCUT2D eigenvalue weighted by Gasteiger charge is -2.16. The molecule has 0 saturated carbocycles. The molecule has 1 N–H and O–H groups in total. The van der Waals surface area contributed by atoms with Gasteiger partial charge in [-0.2, -0.15) is 0 Å². The zero-order chi connectivity index (χ0) is 16.4. The Hall–Kier alpha value is -2.47. The highest BCUT2D eigenvalue weighted by Crippen LogP contribution is 2.29. The molecule has 1 atom stereocenters. The van der Waals surface area contributed by atoms with Gasteiger partial charge < -0.3 is 15.2 Å². The van der Waals surface area contributed by atoms with E-state index in [0.29, 0.717) is 0 Å². The molecule has 0 fully saturated rings. The molecular weight excluding hydrogens is 358 g/mol. The number of aliphatic carboxylic acids is 1. The standard InChI is InChI=1S/C17H14BrN3O2/c1-10(16(22)23)19-17-20-14-8-7-12(18)9-13(14)15(21-17)11-5-3-2-4-6-11/h2-10H,1H3,(H,22,23)(H,19,20,21)/p-1/t10-/m0/s1. The van der Waals surface area contributed by atoms with E-state index in [1.807, 2.05) is 48.5 Å². The maximum absolute atomic E-state index is 10.9. The predicted molar refractivity (Wildman–Crippen MR) is 90.8 cm³/mol. The Labute approximate surface area is 141 Å². The summed E-state index contributed by atoms with van der Waals surface area (Å²) in [4.78, 5) is 19.8. The van der Waals surface area contributed by atoms with Gasteiger partial charge in [0.2, 0.25) is 5.95 Å². The molecule has 116 valence electrons. The third kappa shape index (κ3) is 3.32. The van der Waals surface area contributed by atoms with Crippen molar-refractivity contribution in [2.45, 2.75) is 13.0 Å². The molecule has 0 radical (unpaired) electrons. The van der Waals surface area contributed by atoms with Gasteiger partial charge in [0, 0.05) is 15.4 Å². The Bertz CT molecular complexity index is 868. The van der Waals surface area contributed by atoms with Gasteiger partial charge in [-0.15, -0.1) is 0 Å². The smallest absolute Gasteiger partial charge is 0.224 e. The summed E-state index contributed by atoms with van der Waals surface area (Å²) < 4.78 is 0.926. The summed E-state index contributed by atoms with van der Waals surface area (Å²) in [5.74, 6) is -0.943. The summed E-state index contributed by atoms with van der Waals surface area (Å²) in [6, 6.07) is 14.5. The van der Waals surface area contributed by atoms with Crippen molar-refractivity contribution < 1.29 is 9.90 Å². The molecule has 5 nitrogen and oxygen atoms in total. The van der Waals surface area contributed by atoms with E-state index in [0.717, 1.165) is 26.6 Å². The zero-order valence-electron chi connectivity index (χ0n) is 12.3. The summed E-state index contributed by atoms with van der Waals surface area (Å²) in [6.07, 6.45) is 0. The fraction of sp³-hybridized carbons (Fsp3) is 0.118. The quantitative estimate of drug-likeness (QED) is 0.763. The topological polar surface area (TPSA) is 77.9 Å². The van der Waals surface area contributed by atoms with E-state index >= 15 is 0 Å². The van der Waals surface area contributed by atoms with Gasteiger partial charge in [-0.25, -0.2) is 9.97 Å². The van der Waals surface area contributed by atoms with Crippen LogP contribution in [0.25, 0.3) is 22.2 Å². The molecule has 0 aliphatic heterocycles. The first-order valence-electron chi connectivity index (χ1n) is 7.05. The van der Waals surface area contributed by atoms with Crippen LogP contribution in [0, 0.1) is 0 Å². The van der Waals surface area contributed by atoms with Crippen LogP contribution in [0.3, 0.4) is 0 Å². The van der Waals surface area contributed by atoms with Gasteiger partial charge in [0.1, 0.15) is 0 Å². The van der Waals surface area contributed by atoms with Gasteiger partial charge >= 0.3 is 0 Å². The van der Waals surface area contributed by atoms with Gasteiger partial charge in [-0.05, 0) is 25.1 Å². The fourth-order valence-electron chi connectivity index (χ4n) is 2.23. The molecular formula is C17H13BrN3O2-. The Balaban J connectivity index is 2.18. The van der Waals surface area contributed by atoms with Crippen molar-refractivity contribution in [3.63, 3.8) is 0 Å². The number of anilines is 1. The second-order valence-electron chi connectivity index (χ2n) is 5.11. The normalized spacial score (nSPS) is 12.1. The minimum absolute atomic E-state index is 0.260. The number of rotatable bonds is 4. The highest BCUT2D eigenvalue weighted by Gasteiger charge is 2.12. The number of fused-ring (bicyclic) bond motifs is 1. The average molecular weight is 371 g/mol. The van der Waals surface area contributed by atoms with Crippen LogP contribution in [0.4, 0.5) is 5.95 Å². The molecule has 0 amide bonds. The maximum atomic E-state index is 10.9. The van der Waals surface area contributed by atoms with Crippen molar-refractivity contribution in [3.8, 4) is 11.3 Å². The van der Waals surface area contributed by atoms with Crippen LogP contribution >= 0.6 is 15.9 Å². The van der Waals surface area contributed by atoms with Crippen LogP contribution in [0.2, 0.25) is 0 Å². The lowest BCUT2D eigenvalue weighted by Crippen LogP contribution is -2.39. The summed E-state index contributed by atoms with van der Waals surface area (Å²) in [5, 5.41) is 14.6. The average Bonchev–Trinajstić information content (AvgIpc) is 2.55. The molecule has 2 aromatic carbocycles. The molecule has 3 rings (SSSR count). The SMILES string of the molecule is C[C@H](Nc1nc(-c2ccccc2)c2cc(Br)ccc2n1)C(=O)[O-]. The van der Waals surface area contributed by atoms with Gasteiger partial charge in [-0.3, -0.25) is 0 Å². The Morgan fingerprint density at radius 2 is 1.91 bits per heavy atom. The van der Waals surface area contributed by atoms with Crippen molar-refractivity contribution in [2.75, 3.05) is 5.32 Å². The molecule has 23 heavy (non-hydrogen) atoms. The van der Waals surface area contributed by atoms with Crippen molar-refractivity contribution in [3.05, 3.63) is 53.0 Å². The number of carboxylic acid groups (broad SMARTS) is 1. The fourth-order valence-corrected chi connectivity index (χ4v) is 2.59. The molecule has 0 spiro atoms. The number of carboxylic acids is 1. The summed E-state index contributed by atoms with van der Waals surface area (Å²) >= 11 is 3.46. The van der Waals surface area contributed by atoms with E-state index in [1.54, 1.807) is 0 Å². The minimum Gasteiger partial charge on any atom is -0.548 e. The number of nitrogens with zero attached hydrogens (tertiary/aromatic N) is 2. The molecule has 1 heterocycles. The second kappa shape index (κ2) is 6.34. The van der Waals surface area contributed by atoms with Crippen molar-refractivity contribution in [2.24, 2.45) is 0 Å². The lowest BCUT2D eigenvalue weighted by molar-refractivity contribution is -0.306. The van der Waals surface area contributed by atoms with Crippen LogP contribution in [0.5, 0.6) is 0 Å². The summed E-state index contributed by atoms with van der Waals surface area (Å²) in [7, 11) is 0. The first-order valence-corrected chi connectivity index (χ1v) is 7.84. The summed E-state index contributed by atoms with van der Waals surface area (Å²) in [5.41, 5.74) is 2.40. The first-order chi connectivity index (χ1) is 11.0. The predicted octanol–water partition coefficient (Wildman–Crippen LogP) is 2.61. The highest BCUT2D eigenvalue weighted by molar-refractivity contribution is 9.10. The number of carbonyl (C=O) groups is 1. The van der Waals surface area contributed by atoms with Gasteiger partial charge in [0.25, 0.3) is 0 Å². The lowest BCUT2D eigenvalue weighted by atomic mass is 10.1. The molecule has 3 aromatic rings. The first kappa shape index (κ1) is 15.4. The van der Waals surface area contributed by atoms with Gasteiger partial charge in [0.15, 0.2) is 0 Å². The van der Waals surface area contributed by atoms with Crippen LogP contribution in [-0.2, 0) is 4.79 Å². The number of hydrogen-bond acceptors (Lipinski definition) is 5. The maximum Gasteiger partial charge on any atom is 0.224 e. The number of benzene rings is 2. The largest absolute Gasteiger partial charge is 0.548 e. The number of halogens is 1. The molecule has 0 aliphatic carbocycles. The Kier molecular flexibility index (Phi) is 4.25. The Morgan fingerprint density at radius 3 is 2.61 bits per heavy atom. The molecule has 0 unspecified atom stereocenters. The van der Waals surface area contributed by atoms with Gasteiger partial charge in [0.05, 0.1) is 23.2 Å². The summed E-state index contributed by atoms with van der Waals surface area (Å²) in [6.45, 7) is 1.49. The van der Waals surface area contributed by atoms with Crippen LogP contribution in [-0.4, -0.2) is 22.0 Å². The Morgan fingerprint density at radius 1 is 1.17 bits per heavy atom. The van der Waals surface area contributed by atoms with E-state index in [-0.39, 0.29) is 5.95 Å². The molecule has 0 saturated heterocycles.